The Morgan fingerprint density at radius 3 is 2.57 bits per heavy atom. The number of phenols is 2. The first-order valence-electron chi connectivity index (χ1n) is 19.1. The smallest absolute Gasteiger partial charge is 0.348 e. The molecule has 12 heteroatoms. The second kappa shape index (κ2) is 14.3. The third kappa shape index (κ3) is 6.66. The number of nitrogens with zero attached hydrogens (tertiary/aromatic N) is 5. The van der Waals surface area contributed by atoms with Crippen LogP contribution in [0.25, 0.3) is 50.2 Å². The van der Waals surface area contributed by atoms with E-state index in [9.17, 15) is 19.8 Å². The van der Waals surface area contributed by atoms with E-state index in [0.29, 0.717) is 35.1 Å². The summed E-state index contributed by atoms with van der Waals surface area (Å²) in [6.07, 6.45) is 9.53. The summed E-state index contributed by atoms with van der Waals surface area (Å²) in [7, 11) is 0. The van der Waals surface area contributed by atoms with E-state index in [4.69, 9.17) is 14.5 Å². The van der Waals surface area contributed by atoms with Gasteiger partial charge in [-0.05, 0) is 98.1 Å². The number of aromatic amines is 1. The van der Waals surface area contributed by atoms with E-state index in [2.05, 4.69) is 37.8 Å². The number of H-pyrrole nitrogens is 1. The van der Waals surface area contributed by atoms with Crippen LogP contribution >= 0.6 is 0 Å². The average Bonchev–Trinajstić information content (AvgIpc) is 3.74. The first kappa shape index (κ1) is 35.3. The number of likely N-dealkylation sites (tertiary alicyclic amines) is 1. The van der Waals surface area contributed by atoms with E-state index in [0.717, 1.165) is 82.8 Å². The van der Waals surface area contributed by atoms with Gasteiger partial charge in [-0.1, -0.05) is 44.2 Å². The molecule has 0 aliphatic carbocycles. The average molecular weight is 751 g/mol. The summed E-state index contributed by atoms with van der Waals surface area (Å²) in [4.78, 5) is 33.2. The summed E-state index contributed by atoms with van der Waals surface area (Å²) in [5.74, 6) is 0.758. The molecule has 284 valence electrons. The zero-order valence-electron chi connectivity index (χ0n) is 31.2. The van der Waals surface area contributed by atoms with Crippen LogP contribution in [-0.2, 0) is 27.3 Å². The molecule has 6 heterocycles. The Bertz CT molecular complexity index is 2720. The summed E-state index contributed by atoms with van der Waals surface area (Å²) in [5, 5.41) is 29.8. The van der Waals surface area contributed by atoms with Gasteiger partial charge in [0.15, 0.2) is 11.6 Å². The van der Waals surface area contributed by atoms with E-state index >= 15 is 0 Å². The Labute approximate surface area is 322 Å². The molecular weight excluding hydrogens is 709 g/mol. The maximum Gasteiger partial charge on any atom is 0.348 e. The molecule has 0 amide bonds. The number of esters is 1. The van der Waals surface area contributed by atoms with Gasteiger partial charge >= 0.3 is 11.7 Å². The molecule has 3 N–H and O–H groups in total. The first-order valence-corrected chi connectivity index (χ1v) is 19.1. The van der Waals surface area contributed by atoms with Crippen LogP contribution in [0, 0.1) is 5.92 Å². The van der Waals surface area contributed by atoms with Crippen LogP contribution in [0.15, 0.2) is 96.2 Å². The Hall–Kier alpha value is -6.40. The Kier molecular flexibility index (Phi) is 9.05. The van der Waals surface area contributed by atoms with E-state index in [1.165, 1.54) is 10.6 Å². The number of hydrogen-bond donors (Lipinski definition) is 3. The van der Waals surface area contributed by atoms with Crippen LogP contribution in [0.3, 0.4) is 0 Å². The first-order chi connectivity index (χ1) is 27.2. The number of aromatic nitrogens is 5. The lowest BCUT2D eigenvalue weighted by atomic mass is 9.90. The topological polar surface area (TPSA) is 147 Å². The minimum atomic E-state index is -0.422. The van der Waals surface area contributed by atoms with E-state index in [1.807, 2.05) is 68.6 Å². The molecule has 56 heavy (non-hydrogen) atoms. The second-order valence-electron chi connectivity index (χ2n) is 15.2. The number of ether oxygens (including phenoxy) is 2. The number of carbonyl (C=O) groups excluding carboxylic acids is 1. The van der Waals surface area contributed by atoms with Crippen molar-refractivity contribution >= 4 is 39.1 Å². The SMILES string of the molecule is CC(C)c1cc(-c2n[nH]c(=O)n2-c2ccc(CCC3CCN(CC(=O)OC4=COCc5cn6cc7cc8ccccc8nc7c6cc54)CC3)cc2)c(O)cc1O. The number of nitrogens with one attached hydrogen (secondary N) is 1. The van der Waals surface area contributed by atoms with Gasteiger partial charge < -0.3 is 24.1 Å². The Morgan fingerprint density at radius 2 is 1.77 bits per heavy atom. The molecule has 1 saturated heterocycles. The normalized spacial score (nSPS) is 15.0. The molecule has 7 aromatic rings. The van der Waals surface area contributed by atoms with Gasteiger partial charge in [-0.2, -0.15) is 5.10 Å². The Morgan fingerprint density at radius 1 is 0.964 bits per heavy atom. The zero-order valence-corrected chi connectivity index (χ0v) is 31.2. The molecule has 0 saturated carbocycles. The fraction of sp³-hybridized carbons (Fsp3) is 0.273. The fourth-order valence-electron chi connectivity index (χ4n) is 8.09. The van der Waals surface area contributed by atoms with Gasteiger partial charge in [-0.25, -0.2) is 19.4 Å². The van der Waals surface area contributed by atoms with Crippen LogP contribution < -0.4 is 5.69 Å². The summed E-state index contributed by atoms with van der Waals surface area (Å²) < 4.78 is 15.2. The van der Waals surface area contributed by atoms with Crippen molar-refractivity contribution in [3.63, 3.8) is 0 Å². The van der Waals surface area contributed by atoms with Crippen molar-refractivity contribution < 1.29 is 24.5 Å². The third-order valence-electron chi connectivity index (χ3n) is 11.2. The van der Waals surface area contributed by atoms with Gasteiger partial charge in [0.2, 0.25) is 0 Å². The summed E-state index contributed by atoms with van der Waals surface area (Å²) in [5.41, 5.74) is 6.93. The molecule has 3 aromatic carbocycles. The van der Waals surface area contributed by atoms with Gasteiger partial charge in [0.1, 0.15) is 24.4 Å². The van der Waals surface area contributed by atoms with E-state index in [-0.39, 0.29) is 35.8 Å². The largest absolute Gasteiger partial charge is 0.508 e. The molecule has 0 unspecified atom stereocenters. The van der Waals surface area contributed by atoms with Gasteiger partial charge in [-0.15, -0.1) is 0 Å². The standard InChI is InChI=1S/C44H42N6O6/c1-26(2)33-18-35(39(52)20-38(33)51)43-46-47-44(54)50(43)32-11-9-27(10-12-32)7-8-28-13-15-48(16-14-28)23-41(53)56-40-25-55-24-31-22-49-21-30-17-29-5-3-4-6-36(29)45-42(30)37(49)19-34(31)40/h3-6,9-12,17-22,25-26,28,51-52H,7-8,13-16,23-24H2,1-2H3,(H,47,54). The maximum atomic E-state index is 13.2. The monoisotopic (exact) mass is 750 g/mol. The highest BCUT2D eigenvalue weighted by Gasteiger charge is 2.25. The van der Waals surface area contributed by atoms with Gasteiger partial charge in [0.25, 0.3) is 0 Å². The van der Waals surface area contributed by atoms with Gasteiger partial charge in [0.05, 0.1) is 34.3 Å². The molecular formula is C44H42N6O6. The minimum absolute atomic E-state index is 0.00166. The highest BCUT2D eigenvalue weighted by atomic mass is 16.6. The lowest BCUT2D eigenvalue weighted by Crippen LogP contribution is -2.38. The van der Waals surface area contributed by atoms with Crippen LogP contribution in [0.5, 0.6) is 11.5 Å². The van der Waals surface area contributed by atoms with Crippen molar-refractivity contribution in [1.29, 1.82) is 0 Å². The number of fused-ring (bicyclic) bond motifs is 5. The van der Waals surface area contributed by atoms with Crippen molar-refractivity contribution in [2.24, 2.45) is 5.92 Å². The van der Waals surface area contributed by atoms with Crippen molar-refractivity contribution in [1.82, 2.24) is 29.0 Å². The van der Waals surface area contributed by atoms with Gasteiger partial charge in [-0.3, -0.25) is 9.69 Å². The number of rotatable bonds is 9. The van der Waals surface area contributed by atoms with Crippen LogP contribution in [0.4, 0.5) is 0 Å². The molecule has 0 bridgehead atoms. The van der Waals surface area contributed by atoms with E-state index < -0.39 is 5.69 Å². The molecule has 4 aromatic heterocycles. The molecule has 0 spiro atoms. The van der Waals surface area contributed by atoms with Crippen LogP contribution in [0.2, 0.25) is 0 Å². The number of benzene rings is 3. The molecule has 1 fully saturated rings. The summed E-state index contributed by atoms with van der Waals surface area (Å²) in [6, 6.07) is 23.0. The number of phenolic OH excluding ortho intramolecular Hbond substituents is 2. The summed E-state index contributed by atoms with van der Waals surface area (Å²) >= 11 is 0. The number of carbonyl (C=O) groups is 1. The molecule has 12 nitrogen and oxygen atoms in total. The molecule has 2 aliphatic heterocycles. The minimum Gasteiger partial charge on any atom is -0.508 e. The quantitative estimate of drug-likeness (QED) is 0.128. The highest BCUT2D eigenvalue weighted by Crippen LogP contribution is 2.38. The predicted octanol–water partition coefficient (Wildman–Crippen LogP) is 7.43. The number of hydrogen-bond acceptors (Lipinski definition) is 9. The maximum absolute atomic E-state index is 13.2. The number of pyridine rings is 2. The molecule has 0 atom stereocenters. The Balaban J connectivity index is 0.800. The molecule has 2 aliphatic rings. The lowest BCUT2D eigenvalue weighted by Gasteiger charge is -2.31. The number of aryl methyl sites for hydroxylation is 1. The zero-order chi connectivity index (χ0) is 38.5. The predicted molar refractivity (Wildman–Crippen MR) is 214 cm³/mol. The highest BCUT2D eigenvalue weighted by molar-refractivity contribution is 6.01. The third-order valence-corrected chi connectivity index (χ3v) is 11.2. The van der Waals surface area contributed by atoms with Crippen molar-refractivity contribution in [3.05, 3.63) is 124 Å². The van der Waals surface area contributed by atoms with Crippen LogP contribution in [-0.4, -0.2) is 64.9 Å². The van der Waals surface area contributed by atoms with Crippen molar-refractivity contribution in [2.75, 3.05) is 19.6 Å². The molecule has 9 rings (SSSR count). The number of piperidine rings is 1. The van der Waals surface area contributed by atoms with E-state index in [1.54, 1.807) is 12.3 Å². The molecule has 0 radical (unpaired) electrons. The second-order valence-corrected chi connectivity index (χ2v) is 15.2. The lowest BCUT2D eigenvalue weighted by molar-refractivity contribution is -0.138. The van der Waals surface area contributed by atoms with Crippen LogP contribution in [0.1, 0.15) is 61.3 Å². The van der Waals surface area contributed by atoms with Crippen molar-refractivity contribution in [3.8, 4) is 28.6 Å². The number of para-hydroxylation sites is 1. The number of aromatic hydroxyl groups is 2. The van der Waals surface area contributed by atoms with Crippen molar-refractivity contribution in [2.45, 2.75) is 52.1 Å². The fourth-order valence-corrected chi connectivity index (χ4v) is 8.09. The summed E-state index contributed by atoms with van der Waals surface area (Å²) in [6.45, 7) is 6.12. The van der Waals surface area contributed by atoms with Gasteiger partial charge in [0, 0.05) is 40.4 Å².